The molecule has 0 aromatic heterocycles. The maximum absolute atomic E-state index is 5.18. The lowest BCUT2D eigenvalue weighted by Gasteiger charge is -2.11. The Bertz CT molecular complexity index is 62.3. The van der Waals surface area contributed by atoms with Crippen molar-refractivity contribution < 1.29 is 4.84 Å². The van der Waals surface area contributed by atoms with E-state index in [2.05, 4.69) is 19.3 Å². The second-order valence-electron chi connectivity index (χ2n) is 2.49. The van der Waals surface area contributed by atoms with Crippen molar-refractivity contribution in [1.29, 1.82) is 0 Å². The number of nitrogens with one attached hydrogen (secondary N) is 1. The zero-order valence-corrected chi connectivity index (χ0v) is 7.31. The van der Waals surface area contributed by atoms with Gasteiger partial charge in [-0.3, -0.25) is 0 Å². The van der Waals surface area contributed by atoms with Gasteiger partial charge in [0.15, 0.2) is 0 Å². The summed E-state index contributed by atoms with van der Waals surface area (Å²) in [6, 6.07) is 0. The Labute approximate surface area is 63.9 Å². The first-order valence-corrected chi connectivity index (χ1v) is 4.19. The lowest BCUT2D eigenvalue weighted by atomic mass is 10.1. The average Bonchev–Trinajstić information content (AvgIpc) is 1.99. The van der Waals surface area contributed by atoms with Crippen LogP contribution in [-0.2, 0) is 4.84 Å². The fraction of sp³-hybridized carbons (Fsp3) is 1.00. The molecule has 0 amide bonds. The van der Waals surface area contributed by atoms with Crippen LogP contribution in [0.4, 0.5) is 0 Å². The molecule has 62 valence electrons. The molecule has 0 bridgehead atoms. The minimum atomic E-state index is 0.721. The van der Waals surface area contributed by atoms with Gasteiger partial charge in [0.25, 0.3) is 0 Å². The molecule has 0 spiro atoms. The van der Waals surface area contributed by atoms with Gasteiger partial charge in [-0.05, 0) is 5.92 Å². The van der Waals surface area contributed by atoms with Gasteiger partial charge in [-0.15, -0.1) is 0 Å². The summed E-state index contributed by atoms with van der Waals surface area (Å²) in [5.41, 5.74) is 2.85. The number of hydroxylamine groups is 1. The van der Waals surface area contributed by atoms with Crippen molar-refractivity contribution in [2.24, 2.45) is 5.92 Å². The monoisotopic (exact) mass is 145 g/mol. The Hall–Kier alpha value is -0.0800. The molecule has 0 fully saturated rings. The zero-order valence-electron chi connectivity index (χ0n) is 7.31. The fourth-order valence-corrected chi connectivity index (χ4v) is 0.803. The highest BCUT2D eigenvalue weighted by Gasteiger charge is 2.01. The second kappa shape index (κ2) is 7.03. The Morgan fingerprint density at radius 1 is 1.20 bits per heavy atom. The molecule has 2 nitrogen and oxygen atoms in total. The minimum Gasteiger partial charge on any atom is -0.302 e. The standard InChI is InChI=1S/C8H19NO/c1-4-8(5-2)7-10-9-6-3/h8-9H,4-7H2,1-3H3. The van der Waals surface area contributed by atoms with E-state index in [9.17, 15) is 0 Å². The summed E-state index contributed by atoms with van der Waals surface area (Å²) in [6.45, 7) is 8.17. The van der Waals surface area contributed by atoms with E-state index in [-0.39, 0.29) is 0 Å². The number of hydrogen-bond donors (Lipinski definition) is 1. The van der Waals surface area contributed by atoms with Crippen LogP contribution < -0.4 is 5.48 Å². The third-order valence-corrected chi connectivity index (χ3v) is 1.72. The van der Waals surface area contributed by atoms with Gasteiger partial charge in [0.2, 0.25) is 0 Å². The van der Waals surface area contributed by atoms with E-state index in [4.69, 9.17) is 4.84 Å². The topological polar surface area (TPSA) is 21.3 Å². The molecule has 0 unspecified atom stereocenters. The molecular formula is C8H19NO. The summed E-state index contributed by atoms with van der Waals surface area (Å²) in [7, 11) is 0. The fourth-order valence-electron chi connectivity index (χ4n) is 0.803. The van der Waals surface area contributed by atoms with Crippen molar-refractivity contribution in [3.05, 3.63) is 0 Å². The third kappa shape index (κ3) is 4.77. The molecule has 0 atom stereocenters. The first-order valence-electron chi connectivity index (χ1n) is 4.19. The van der Waals surface area contributed by atoms with E-state index < -0.39 is 0 Å². The summed E-state index contributed by atoms with van der Waals surface area (Å²) in [6.07, 6.45) is 2.42. The van der Waals surface area contributed by atoms with Gasteiger partial charge in [-0.2, -0.15) is 0 Å². The third-order valence-electron chi connectivity index (χ3n) is 1.72. The summed E-state index contributed by atoms with van der Waals surface area (Å²) < 4.78 is 0. The molecule has 0 aromatic carbocycles. The Kier molecular flexibility index (Phi) is 6.98. The number of rotatable bonds is 6. The predicted molar refractivity (Wildman–Crippen MR) is 43.7 cm³/mol. The molecule has 0 rings (SSSR count). The van der Waals surface area contributed by atoms with Crippen molar-refractivity contribution in [2.45, 2.75) is 33.6 Å². The van der Waals surface area contributed by atoms with Gasteiger partial charge in [-0.25, -0.2) is 5.48 Å². The highest BCUT2D eigenvalue weighted by Crippen LogP contribution is 2.06. The lowest BCUT2D eigenvalue weighted by Crippen LogP contribution is -2.18. The van der Waals surface area contributed by atoms with Gasteiger partial charge in [0, 0.05) is 6.54 Å². The normalized spacial score (nSPS) is 10.8. The van der Waals surface area contributed by atoms with Crippen LogP contribution in [0.25, 0.3) is 0 Å². The molecule has 0 saturated carbocycles. The summed E-state index contributed by atoms with van der Waals surface area (Å²) >= 11 is 0. The van der Waals surface area contributed by atoms with Crippen LogP contribution in [0.1, 0.15) is 33.6 Å². The van der Waals surface area contributed by atoms with E-state index in [1.165, 1.54) is 12.8 Å². The second-order valence-corrected chi connectivity index (χ2v) is 2.49. The summed E-state index contributed by atoms with van der Waals surface area (Å²) in [5, 5.41) is 0. The van der Waals surface area contributed by atoms with Crippen LogP contribution in [0.15, 0.2) is 0 Å². The highest BCUT2D eigenvalue weighted by molar-refractivity contribution is 4.50. The molecule has 0 aliphatic rings. The Morgan fingerprint density at radius 3 is 2.20 bits per heavy atom. The van der Waals surface area contributed by atoms with Gasteiger partial charge < -0.3 is 4.84 Å². The molecule has 1 N–H and O–H groups in total. The highest BCUT2D eigenvalue weighted by atomic mass is 16.6. The quantitative estimate of drug-likeness (QED) is 0.455. The van der Waals surface area contributed by atoms with Gasteiger partial charge >= 0.3 is 0 Å². The average molecular weight is 145 g/mol. The molecule has 2 heteroatoms. The Morgan fingerprint density at radius 2 is 1.80 bits per heavy atom. The lowest BCUT2D eigenvalue weighted by molar-refractivity contribution is 0.0183. The SMILES string of the molecule is CCNOCC(CC)CC. The molecule has 0 aromatic rings. The number of hydrogen-bond acceptors (Lipinski definition) is 2. The molecular weight excluding hydrogens is 126 g/mol. The molecule has 0 aliphatic carbocycles. The summed E-state index contributed by atoms with van der Waals surface area (Å²) in [4.78, 5) is 5.18. The van der Waals surface area contributed by atoms with Crippen molar-refractivity contribution in [3.8, 4) is 0 Å². The first kappa shape index (κ1) is 9.92. The van der Waals surface area contributed by atoms with Gasteiger partial charge in [0.1, 0.15) is 0 Å². The van der Waals surface area contributed by atoms with Gasteiger partial charge in [-0.1, -0.05) is 33.6 Å². The van der Waals surface area contributed by atoms with E-state index in [1.807, 2.05) is 6.92 Å². The van der Waals surface area contributed by atoms with Crippen LogP contribution in [0.2, 0.25) is 0 Å². The molecule has 0 radical (unpaired) electrons. The largest absolute Gasteiger partial charge is 0.302 e. The molecule has 0 heterocycles. The van der Waals surface area contributed by atoms with Crippen LogP contribution in [0.5, 0.6) is 0 Å². The van der Waals surface area contributed by atoms with Crippen molar-refractivity contribution in [3.63, 3.8) is 0 Å². The van der Waals surface area contributed by atoms with Crippen LogP contribution >= 0.6 is 0 Å². The zero-order chi connectivity index (χ0) is 7.82. The molecule has 10 heavy (non-hydrogen) atoms. The van der Waals surface area contributed by atoms with Crippen LogP contribution in [-0.4, -0.2) is 13.2 Å². The van der Waals surface area contributed by atoms with Gasteiger partial charge in [0.05, 0.1) is 6.61 Å². The van der Waals surface area contributed by atoms with Crippen LogP contribution in [0, 0.1) is 5.92 Å². The van der Waals surface area contributed by atoms with E-state index in [1.54, 1.807) is 0 Å². The Balaban J connectivity index is 3.09. The van der Waals surface area contributed by atoms with E-state index >= 15 is 0 Å². The maximum atomic E-state index is 5.18. The smallest absolute Gasteiger partial charge is 0.0710 e. The van der Waals surface area contributed by atoms with E-state index in [0.29, 0.717) is 0 Å². The predicted octanol–water partition coefficient (Wildman–Crippen LogP) is 1.96. The van der Waals surface area contributed by atoms with E-state index in [0.717, 1.165) is 19.1 Å². The summed E-state index contributed by atoms with van der Waals surface area (Å²) in [5.74, 6) is 0.721. The van der Waals surface area contributed by atoms with Crippen molar-refractivity contribution in [2.75, 3.05) is 13.2 Å². The molecule has 0 aliphatic heterocycles. The maximum Gasteiger partial charge on any atom is 0.0710 e. The molecule has 0 saturated heterocycles. The van der Waals surface area contributed by atoms with Crippen molar-refractivity contribution >= 4 is 0 Å². The van der Waals surface area contributed by atoms with Crippen LogP contribution in [0.3, 0.4) is 0 Å². The minimum absolute atomic E-state index is 0.721. The first-order chi connectivity index (χ1) is 4.85. The van der Waals surface area contributed by atoms with Crippen molar-refractivity contribution in [1.82, 2.24) is 5.48 Å².